The molecule has 1 heterocycles. The van der Waals surface area contributed by atoms with Crippen molar-refractivity contribution in [2.24, 2.45) is 10.1 Å². The smallest absolute Gasteiger partial charge is 0.266 e. The monoisotopic (exact) mass is 684 g/mol. The molecular weight excluding hydrogens is 652 g/mol. The number of nitrogens with one attached hydrogen (secondary N) is 2. The van der Waals surface area contributed by atoms with Gasteiger partial charge in [0.25, 0.3) is 5.91 Å². The maximum absolute atomic E-state index is 14.5. The van der Waals surface area contributed by atoms with E-state index in [-0.39, 0.29) is 18.9 Å². The number of nitrogens with zero attached hydrogens (tertiary/aromatic N) is 4. The lowest BCUT2D eigenvalue weighted by atomic mass is 9.81. The van der Waals surface area contributed by atoms with Gasteiger partial charge in [-0.1, -0.05) is 75.6 Å². The standard InChI is InChI=1S/C34H33BrN6O5/c1-44-30-10-5-3-8-26(30)22-37-40-33(43)34(21-25-7-2-4-9-29(25)39-41-36)31(23-11-15-27(35)16-12-23)46-32(38-34)24-13-17-28(18-14-24)45-20-6-19-42/h2-5,7-18,31,37,42H,6,19-22H2,1H3,(H,40,43)/t31-,34-/m0/s1. The molecule has 0 aliphatic carbocycles. The van der Waals surface area contributed by atoms with Gasteiger partial charge in [0.1, 0.15) is 11.5 Å². The normalized spacial score (nSPS) is 16.9. The summed E-state index contributed by atoms with van der Waals surface area (Å²) in [5.41, 5.74) is 16.9. The van der Waals surface area contributed by atoms with E-state index >= 15 is 0 Å². The molecule has 1 aliphatic heterocycles. The first kappa shape index (κ1) is 32.5. The fourth-order valence-electron chi connectivity index (χ4n) is 5.19. The number of amides is 1. The van der Waals surface area contributed by atoms with Crippen LogP contribution in [0.2, 0.25) is 0 Å². The molecule has 1 aliphatic rings. The number of aliphatic imine (C=N–C) groups is 1. The van der Waals surface area contributed by atoms with Crippen molar-refractivity contribution in [1.82, 2.24) is 10.9 Å². The summed E-state index contributed by atoms with van der Waals surface area (Å²) >= 11 is 3.50. The van der Waals surface area contributed by atoms with Crippen LogP contribution < -0.4 is 20.3 Å². The SMILES string of the molecule is COc1ccccc1CNNC(=O)[C@@]1(Cc2ccccc2N=[N+]=[N-])N=C(c2ccc(OCCCO)cc2)O[C@H]1c1ccc(Br)cc1. The van der Waals surface area contributed by atoms with Crippen molar-refractivity contribution in [2.75, 3.05) is 20.3 Å². The summed E-state index contributed by atoms with van der Waals surface area (Å²) in [6.07, 6.45) is -0.257. The van der Waals surface area contributed by atoms with Crippen molar-refractivity contribution in [3.05, 3.63) is 134 Å². The van der Waals surface area contributed by atoms with Crippen LogP contribution in [-0.4, -0.2) is 42.8 Å². The van der Waals surface area contributed by atoms with Gasteiger partial charge in [0.2, 0.25) is 5.90 Å². The first-order valence-corrected chi connectivity index (χ1v) is 15.4. The lowest BCUT2D eigenvalue weighted by molar-refractivity contribution is -0.130. The van der Waals surface area contributed by atoms with E-state index in [2.05, 4.69) is 36.8 Å². The number of aliphatic hydroxyl groups is 1. The van der Waals surface area contributed by atoms with Gasteiger partial charge in [-0.05, 0) is 59.1 Å². The predicted octanol–water partition coefficient (Wildman–Crippen LogP) is 6.48. The van der Waals surface area contributed by atoms with Gasteiger partial charge in [0.15, 0.2) is 11.6 Å². The number of para-hydroxylation sites is 1. The highest BCUT2D eigenvalue weighted by Gasteiger charge is 2.53. The number of rotatable bonds is 14. The van der Waals surface area contributed by atoms with Crippen LogP contribution in [-0.2, 0) is 22.5 Å². The highest BCUT2D eigenvalue weighted by Crippen LogP contribution is 2.44. The Labute approximate surface area is 275 Å². The average molecular weight is 686 g/mol. The van der Waals surface area contributed by atoms with Gasteiger partial charge in [0.05, 0.1) is 13.7 Å². The molecule has 2 atom stereocenters. The predicted molar refractivity (Wildman–Crippen MR) is 178 cm³/mol. The minimum Gasteiger partial charge on any atom is -0.496 e. The van der Waals surface area contributed by atoms with Crippen LogP contribution in [0.3, 0.4) is 0 Å². The van der Waals surface area contributed by atoms with Crippen LogP contribution in [0.15, 0.2) is 112 Å². The molecule has 5 rings (SSSR count). The number of hydrogen-bond acceptors (Lipinski definition) is 8. The quantitative estimate of drug-likeness (QED) is 0.0455. The third-order valence-corrected chi connectivity index (χ3v) is 8.01. The molecule has 0 fully saturated rings. The molecule has 0 saturated heterocycles. The molecule has 0 spiro atoms. The lowest BCUT2D eigenvalue weighted by Gasteiger charge is -2.31. The maximum Gasteiger partial charge on any atom is 0.266 e. The fraction of sp³-hybridized carbons (Fsp3) is 0.235. The second-order valence-corrected chi connectivity index (χ2v) is 11.4. The van der Waals surface area contributed by atoms with E-state index in [9.17, 15) is 10.3 Å². The molecule has 3 N–H and O–H groups in total. The first-order chi connectivity index (χ1) is 22.5. The minimum atomic E-state index is -1.52. The summed E-state index contributed by atoms with van der Waals surface area (Å²) in [7, 11) is 1.59. The zero-order valence-corrected chi connectivity index (χ0v) is 26.7. The van der Waals surface area contributed by atoms with Gasteiger partial charge in [-0.15, -0.1) is 0 Å². The lowest BCUT2D eigenvalue weighted by Crippen LogP contribution is -2.53. The molecule has 12 heteroatoms. The highest BCUT2D eigenvalue weighted by atomic mass is 79.9. The number of methoxy groups -OCH3 is 1. The Morgan fingerprint density at radius 3 is 2.48 bits per heavy atom. The summed E-state index contributed by atoms with van der Waals surface area (Å²) in [6.45, 7) is 0.717. The first-order valence-electron chi connectivity index (χ1n) is 14.6. The van der Waals surface area contributed by atoms with Crippen LogP contribution in [0, 0.1) is 0 Å². The van der Waals surface area contributed by atoms with Crippen molar-refractivity contribution < 1.29 is 24.1 Å². The number of halogens is 1. The van der Waals surface area contributed by atoms with Gasteiger partial charge >= 0.3 is 0 Å². The average Bonchev–Trinajstić information content (AvgIpc) is 3.47. The number of aliphatic hydroxyl groups excluding tert-OH is 1. The van der Waals surface area contributed by atoms with Gasteiger partial charge in [0, 0.05) is 52.2 Å². The van der Waals surface area contributed by atoms with E-state index in [4.69, 9.17) is 24.3 Å². The zero-order valence-electron chi connectivity index (χ0n) is 25.1. The summed E-state index contributed by atoms with van der Waals surface area (Å²) < 4.78 is 18.6. The molecule has 4 aromatic rings. The summed E-state index contributed by atoms with van der Waals surface area (Å²) in [4.78, 5) is 22.5. The molecule has 0 saturated carbocycles. The van der Waals surface area contributed by atoms with E-state index in [0.717, 1.165) is 15.6 Å². The Morgan fingerprint density at radius 1 is 1.04 bits per heavy atom. The molecule has 46 heavy (non-hydrogen) atoms. The van der Waals surface area contributed by atoms with E-state index in [1.165, 1.54) is 0 Å². The Morgan fingerprint density at radius 2 is 1.76 bits per heavy atom. The number of hydrogen-bond donors (Lipinski definition) is 3. The van der Waals surface area contributed by atoms with Gasteiger partial charge in [-0.3, -0.25) is 10.2 Å². The Bertz CT molecular complexity index is 1730. The molecule has 11 nitrogen and oxygen atoms in total. The Balaban J connectivity index is 1.56. The van der Waals surface area contributed by atoms with E-state index in [1.807, 2.05) is 72.8 Å². The van der Waals surface area contributed by atoms with Crippen LogP contribution in [0.25, 0.3) is 10.4 Å². The van der Waals surface area contributed by atoms with Crippen LogP contribution in [0.5, 0.6) is 11.5 Å². The number of hydrazine groups is 1. The maximum atomic E-state index is 14.5. The molecule has 0 aromatic heterocycles. The number of azide groups is 1. The number of carbonyl (C=O) groups is 1. The largest absolute Gasteiger partial charge is 0.496 e. The Hall–Kier alpha value is -4.87. The van der Waals surface area contributed by atoms with E-state index in [1.54, 1.807) is 31.4 Å². The molecule has 4 aromatic carbocycles. The third kappa shape index (κ3) is 7.49. The second kappa shape index (κ2) is 15.4. The Kier molecular flexibility index (Phi) is 10.9. The number of carbonyl (C=O) groups excluding carboxylic acids is 1. The molecule has 0 unspecified atom stereocenters. The van der Waals surface area contributed by atoms with Crippen molar-refractivity contribution in [3.8, 4) is 11.5 Å². The second-order valence-electron chi connectivity index (χ2n) is 10.5. The molecule has 236 valence electrons. The number of ether oxygens (including phenoxy) is 3. The van der Waals surface area contributed by atoms with E-state index < -0.39 is 17.6 Å². The van der Waals surface area contributed by atoms with Crippen LogP contribution >= 0.6 is 15.9 Å². The summed E-state index contributed by atoms with van der Waals surface area (Å²) in [5, 5.41) is 12.9. The third-order valence-electron chi connectivity index (χ3n) is 7.48. The van der Waals surface area contributed by atoms with Gasteiger partial charge < -0.3 is 19.3 Å². The van der Waals surface area contributed by atoms with E-state index in [0.29, 0.717) is 47.9 Å². The van der Waals surface area contributed by atoms with Crippen LogP contribution in [0.4, 0.5) is 5.69 Å². The summed E-state index contributed by atoms with van der Waals surface area (Å²) in [5.74, 6) is 1.15. The van der Waals surface area contributed by atoms with Crippen LogP contribution in [0.1, 0.15) is 34.8 Å². The van der Waals surface area contributed by atoms with Gasteiger partial charge in [-0.25, -0.2) is 10.4 Å². The van der Waals surface area contributed by atoms with Crippen molar-refractivity contribution >= 4 is 33.4 Å². The molecule has 0 bridgehead atoms. The minimum absolute atomic E-state index is 0.0425. The molecule has 1 amide bonds. The van der Waals surface area contributed by atoms with Crippen molar-refractivity contribution in [1.29, 1.82) is 0 Å². The highest BCUT2D eigenvalue weighted by molar-refractivity contribution is 9.10. The fourth-order valence-corrected chi connectivity index (χ4v) is 5.46. The number of benzene rings is 4. The van der Waals surface area contributed by atoms with Gasteiger partial charge in [-0.2, -0.15) is 0 Å². The molecule has 0 radical (unpaired) electrons. The summed E-state index contributed by atoms with van der Waals surface area (Å²) in [6, 6.07) is 29.4. The molecular formula is C34H33BrN6O5. The topological polar surface area (TPSA) is 150 Å². The van der Waals surface area contributed by atoms with Crippen molar-refractivity contribution in [2.45, 2.75) is 31.0 Å². The zero-order chi connectivity index (χ0) is 32.4. The van der Waals surface area contributed by atoms with Crippen molar-refractivity contribution in [3.63, 3.8) is 0 Å².